The number of amides is 1. The molecule has 0 saturated heterocycles. The zero-order chi connectivity index (χ0) is 25.5. The molecule has 184 valence electrons. The number of rotatable bonds is 9. The topological polar surface area (TPSA) is 75.7 Å². The quantitative estimate of drug-likeness (QED) is 0.266. The minimum absolute atomic E-state index is 0.0312. The summed E-state index contributed by atoms with van der Waals surface area (Å²) in [6.45, 7) is -0.0778. The number of nitrogens with zero attached hydrogens (tertiary/aromatic N) is 1. The summed E-state index contributed by atoms with van der Waals surface area (Å²) in [6.07, 6.45) is 0. The van der Waals surface area contributed by atoms with E-state index in [9.17, 15) is 13.2 Å². The first-order valence-electron chi connectivity index (χ1n) is 10.9. The van der Waals surface area contributed by atoms with Gasteiger partial charge < -0.3 is 10.1 Å². The Balaban J connectivity index is 1.50. The fourth-order valence-electron chi connectivity index (χ4n) is 3.41. The first-order valence-corrected chi connectivity index (χ1v) is 13.1. The van der Waals surface area contributed by atoms with Gasteiger partial charge >= 0.3 is 0 Å². The monoisotopic (exact) mass is 540 g/mol. The third-order valence-corrected chi connectivity index (χ3v) is 7.50. The van der Waals surface area contributed by atoms with Crippen molar-refractivity contribution in [1.29, 1.82) is 0 Å². The molecule has 4 aromatic rings. The van der Waals surface area contributed by atoms with Crippen LogP contribution in [-0.4, -0.2) is 20.9 Å². The molecule has 4 aromatic carbocycles. The maximum absolute atomic E-state index is 13.4. The summed E-state index contributed by atoms with van der Waals surface area (Å²) in [5, 5.41) is 3.18. The van der Waals surface area contributed by atoms with Crippen molar-refractivity contribution in [2.24, 2.45) is 0 Å². The van der Waals surface area contributed by atoms with E-state index in [0.717, 1.165) is 9.87 Å². The van der Waals surface area contributed by atoms with Crippen molar-refractivity contribution in [3.63, 3.8) is 0 Å². The Morgan fingerprint density at radius 1 is 0.833 bits per heavy atom. The second kappa shape index (κ2) is 11.5. The molecule has 0 radical (unpaired) electrons. The van der Waals surface area contributed by atoms with Gasteiger partial charge in [-0.25, -0.2) is 8.42 Å². The lowest BCUT2D eigenvalue weighted by Gasteiger charge is -2.25. The molecule has 0 heterocycles. The lowest BCUT2D eigenvalue weighted by Crippen LogP contribution is -2.38. The molecule has 0 aromatic heterocycles. The average molecular weight is 541 g/mol. The summed E-state index contributed by atoms with van der Waals surface area (Å²) in [4.78, 5) is 13.0. The predicted octanol–water partition coefficient (Wildman–Crippen LogP) is 6.41. The predicted molar refractivity (Wildman–Crippen MR) is 143 cm³/mol. The fourth-order valence-corrected chi connectivity index (χ4v) is 5.43. The number of sulfonamides is 1. The largest absolute Gasteiger partial charge is 0.489 e. The van der Waals surface area contributed by atoms with Crippen molar-refractivity contribution < 1.29 is 17.9 Å². The van der Waals surface area contributed by atoms with Crippen LogP contribution in [0.2, 0.25) is 10.0 Å². The van der Waals surface area contributed by atoms with E-state index in [4.69, 9.17) is 27.9 Å². The molecular weight excluding hydrogens is 519 g/mol. The summed E-state index contributed by atoms with van der Waals surface area (Å²) in [5.41, 5.74) is 1.67. The highest BCUT2D eigenvalue weighted by atomic mass is 35.5. The van der Waals surface area contributed by atoms with E-state index in [1.165, 1.54) is 30.3 Å². The minimum atomic E-state index is -4.09. The van der Waals surface area contributed by atoms with Crippen molar-refractivity contribution in [2.45, 2.75) is 11.5 Å². The molecule has 0 aliphatic rings. The Kier molecular flexibility index (Phi) is 8.15. The van der Waals surface area contributed by atoms with E-state index in [1.54, 1.807) is 42.5 Å². The van der Waals surface area contributed by atoms with E-state index in [2.05, 4.69) is 5.32 Å². The average Bonchev–Trinajstić information content (AvgIpc) is 2.88. The third kappa shape index (κ3) is 6.37. The van der Waals surface area contributed by atoms with E-state index in [0.29, 0.717) is 23.1 Å². The van der Waals surface area contributed by atoms with Gasteiger partial charge in [0.1, 0.15) is 18.9 Å². The highest BCUT2D eigenvalue weighted by Crippen LogP contribution is 2.32. The highest BCUT2D eigenvalue weighted by Gasteiger charge is 2.28. The number of anilines is 2. The molecule has 6 nitrogen and oxygen atoms in total. The van der Waals surface area contributed by atoms with Gasteiger partial charge in [-0.3, -0.25) is 9.10 Å². The van der Waals surface area contributed by atoms with E-state index < -0.39 is 22.5 Å². The minimum Gasteiger partial charge on any atom is -0.489 e. The molecule has 0 saturated carbocycles. The molecule has 1 N–H and O–H groups in total. The van der Waals surface area contributed by atoms with E-state index >= 15 is 0 Å². The smallest absolute Gasteiger partial charge is 0.264 e. The number of hydrogen-bond donors (Lipinski definition) is 1. The second-order valence-corrected chi connectivity index (χ2v) is 10.5. The zero-order valence-corrected chi connectivity index (χ0v) is 21.3. The molecule has 9 heteroatoms. The highest BCUT2D eigenvalue weighted by molar-refractivity contribution is 7.92. The molecule has 0 spiro atoms. The Bertz CT molecular complexity index is 1430. The van der Waals surface area contributed by atoms with Gasteiger partial charge in [0.2, 0.25) is 5.91 Å². The van der Waals surface area contributed by atoms with Gasteiger partial charge in [0.25, 0.3) is 10.0 Å². The molecule has 0 aliphatic heterocycles. The molecule has 0 bridgehead atoms. The lowest BCUT2D eigenvalue weighted by molar-refractivity contribution is -0.114. The van der Waals surface area contributed by atoms with Crippen molar-refractivity contribution in [1.82, 2.24) is 0 Å². The standard InChI is InChI=1S/C27H22Cl2N2O4S/c28-21-11-16-26(25(29)17-21)31(36(33,34)24-9-5-2-6-10-24)18-27(32)30-22-12-14-23(15-13-22)35-19-20-7-3-1-4-8-20/h1-17H,18-19H2,(H,30,32). The summed E-state index contributed by atoms with van der Waals surface area (Å²) in [7, 11) is -4.09. The van der Waals surface area contributed by atoms with Crippen LogP contribution < -0.4 is 14.4 Å². The van der Waals surface area contributed by atoms with E-state index in [1.807, 2.05) is 30.3 Å². The molecular formula is C27H22Cl2N2O4S. The van der Waals surface area contributed by atoms with Gasteiger partial charge in [-0.15, -0.1) is 0 Å². The summed E-state index contributed by atoms with van der Waals surface area (Å²) >= 11 is 12.3. The normalized spacial score (nSPS) is 11.1. The number of benzene rings is 4. The third-order valence-electron chi connectivity index (χ3n) is 5.18. The molecule has 4 rings (SSSR count). The maximum atomic E-state index is 13.4. The molecule has 0 aliphatic carbocycles. The number of halogens is 2. The first kappa shape index (κ1) is 25.6. The van der Waals surface area contributed by atoms with Crippen LogP contribution in [0.4, 0.5) is 11.4 Å². The van der Waals surface area contributed by atoms with Gasteiger partial charge in [-0.2, -0.15) is 0 Å². The number of ether oxygens (including phenoxy) is 1. The lowest BCUT2D eigenvalue weighted by atomic mass is 10.2. The Morgan fingerprint density at radius 3 is 2.11 bits per heavy atom. The first-order chi connectivity index (χ1) is 17.3. The second-order valence-electron chi connectivity index (χ2n) is 7.77. The molecule has 0 atom stereocenters. The van der Waals surface area contributed by atoms with Crippen LogP contribution in [0, 0.1) is 0 Å². The van der Waals surface area contributed by atoms with Crippen LogP contribution in [0.25, 0.3) is 0 Å². The molecule has 36 heavy (non-hydrogen) atoms. The van der Waals surface area contributed by atoms with Crippen LogP contribution in [0.1, 0.15) is 5.56 Å². The van der Waals surface area contributed by atoms with Gasteiger partial charge in [0.15, 0.2) is 0 Å². The number of nitrogens with one attached hydrogen (secondary N) is 1. The zero-order valence-electron chi connectivity index (χ0n) is 19.0. The van der Waals surface area contributed by atoms with Crippen molar-refractivity contribution in [3.05, 3.63) is 119 Å². The van der Waals surface area contributed by atoms with Gasteiger partial charge in [0, 0.05) is 10.7 Å². The van der Waals surface area contributed by atoms with Crippen LogP contribution in [-0.2, 0) is 21.4 Å². The Labute approximate surface area is 220 Å². The van der Waals surface area contributed by atoms with Crippen LogP contribution in [0.15, 0.2) is 108 Å². The summed E-state index contributed by atoms with van der Waals surface area (Å²) in [5.74, 6) is 0.0940. The van der Waals surface area contributed by atoms with Gasteiger partial charge in [-0.05, 0) is 60.2 Å². The Hall–Kier alpha value is -3.52. The van der Waals surface area contributed by atoms with E-state index in [-0.39, 0.29) is 15.6 Å². The molecule has 0 fully saturated rings. The summed E-state index contributed by atoms with van der Waals surface area (Å²) in [6, 6.07) is 28.8. The number of carbonyl (C=O) groups is 1. The van der Waals surface area contributed by atoms with Crippen LogP contribution in [0.5, 0.6) is 5.75 Å². The SMILES string of the molecule is O=C(CN(c1ccc(Cl)cc1Cl)S(=O)(=O)c1ccccc1)Nc1ccc(OCc2ccccc2)cc1. The Morgan fingerprint density at radius 2 is 1.47 bits per heavy atom. The van der Waals surface area contributed by atoms with Crippen LogP contribution >= 0.6 is 23.2 Å². The van der Waals surface area contributed by atoms with Crippen molar-refractivity contribution >= 4 is 50.5 Å². The number of carbonyl (C=O) groups excluding carboxylic acids is 1. The molecule has 1 amide bonds. The van der Waals surface area contributed by atoms with Crippen molar-refractivity contribution in [2.75, 3.05) is 16.2 Å². The van der Waals surface area contributed by atoms with Gasteiger partial charge in [-0.1, -0.05) is 71.7 Å². The van der Waals surface area contributed by atoms with Gasteiger partial charge in [0.05, 0.1) is 15.6 Å². The number of hydrogen-bond acceptors (Lipinski definition) is 4. The fraction of sp³-hybridized carbons (Fsp3) is 0.0741. The van der Waals surface area contributed by atoms with Crippen LogP contribution in [0.3, 0.4) is 0 Å². The summed E-state index contributed by atoms with van der Waals surface area (Å²) < 4.78 is 33.6. The maximum Gasteiger partial charge on any atom is 0.264 e. The molecule has 0 unspecified atom stereocenters. The van der Waals surface area contributed by atoms with Crippen molar-refractivity contribution in [3.8, 4) is 5.75 Å².